The second-order valence-electron chi connectivity index (χ2n) is 6.11. The molecule has 2 aliphatic rings. The predicted octanol–water partition coefficient (Wildman–Crippen LogP) is 1.86. The summed E-state index contributed by atoms with van der Waals surface area (Å²) in [6.45, 7) is 8.23. The van der Waals surface area contributed by atoms with Crippen LogP contribution in [0.5, 0.6) is 0 Å². The molecule has 0 bridgehead atoms. The van der Waals surface area contributed by atoms with Gasteiger partial charge in [0.15, 0.2) is 0 Å². The number of hydrogen-bond donors (Lipinski definition) is 2. The molecule has 0 atom stereocenters. The van der Waals surface area contributed by atoms with Crippen LogP contribution >= 0.6 is 11.3 Å². The molecule has 1 aliphatic carbocycles. The van der Waals surface area contributed by atoms with Crippen LogP contribution in [-0.2, 0) is 5.54 Å². The number of rotatable bonds is 4. The Labute approximate surface area is 123 Å². The van der Waals surface area contributed by atoms with Crippen molar-refractivity contribution in [2.75, 3.05) is 26.2 Å². The average molecular weight is 295 g/mol. The van der Waals surface area contributed by atoms with Gasteiger partial charge in [-0.1, -0.05) is 0 Å². The van der Waals surface area contributed by atoms with E-state index in [-0.39, 0.29) is 5.54 Å². The average Bonchev–Trinajstić information content (AvgIpc) is 3.17. The second-order valence-corrected chi connectivity index (χ2v) is 7.11. The van der Waals surface area contributed by atoms with Gasteiger partial charge in [-0.15, -0.1) is 11.3 Å². The number of carboxylic acid groups (broad SMARTS) is 1. The van der Waals surface area contributed by atoms with Gasteiger partial charge in [0.05, 0.1) is 11.2 Å². The van der Waals surface area contributed by atoms with Crippen LogP contribution in [0.4, 0.5) is 0 Å². The molecule has 0 radical (unpaired) electrons. The van der Waals surface area contributed by atoms with E-state index in [1.54, 1.807) is 0 Å². The molecule has 20 heavy (non-hydrogen) atoms. The standard InChI is InChI=1S/C14H21N3O2S/c1-14(2,17-7-5-15-6-8-17)13-16-10(9-3-4-9)11(20-13)12(18)19/h9,15H,3-8H2,1-2H3,(H,18,19). The van der Waals surface area contributed by atoms with Crippen LogP contribution in [0.2, 0.25) is 0 Å². The summed E-state index contributed by atoms with van der Waals surface area (Å²) in [4.78, 5) is 19.0. The lowest BCUT2D eigenvalue weighted by Crippen LogP contribution is -2.51. The molecule has 5 nitrogen and oxygen atoms in total. The fourth-order valence-corrected chi connectivity index (χ4v) is 3.86. The monoisotopic (exact) mass is 295 g/mol. The van der Waals surface area contributed by atoms with Crippen molar-refractivity contribution in [3.63, 3.8) is 0 Å². The summed E-state index contributed by atoms with van der Waals surface area (Å²) >= 11 is 1.36. The Kier molecular flexibility index (Phi) is 3.56. The molecule has 0 aromatic carbocycles. The zero-order valence-electron chi connectivity index (χ0n) is 12.0. The molecule has 0 unspecified atom stereocenters. The van der Waals surface area contributed by atoms with E-state index in [9.17, 15) is 9.90 Å². The summed E-state index contributed by atoms with van der Waals surface area (Å²) in [6.07, 6.45) is 2.16. The number of carbonyl (C=O) groups is 1. The Hall–Kier alpha value is -0.980. The largest absolute Gasteiger partial charge is 0.477 e. The minimum atomic E-state index is -0.827. The maximum absolute atomic E-state index is 11.4. The number of nitrogens with one attached hydrogen (secondary N) is 1. The van der Waals surface area contributed by atoms with E-state index in [4.69, 9.17) is 4.98 Å². The van der Waals surface area contributed by atoms with Crippen molar-refractivity contribution >= 4 is 17.3 Å². The SMILES string of the molecule is CC(C)(c1nc(C2CC2)c(C(=O)O)s1)N1CCNCC1. The van der Waals surface area contributed by atoms with E-state index in [1.807, 2.05) is 0 Å². The zero-order chi connectivity index (χ0) is 14.3. The highest BCUT2D eigenvalue weighted by Gasteiger charge is 2.38. The fourth-order valence-electron chi connectivity index (χ4n) is 2.74. The first-order valence-electron chi connectivity index (χ1n) is 7.20. The molecular formula is C14H21N3O2S. The summed E-state index contributed by atoms with van der Waals surface area (Å²) in [5.41, 5.74) is 0.630. The molecule has 1 aliphatic heterocycles. The molecule has 1 saturated heterocycles. The third kappa shape index (κ3) is 2.47. The molecular weight excluding hydrogens is 274 g/mol. The highest BCUT2D eigenvalue weighted by atomic mass is 32.1. The van der Waals surface area contributed by atoms with Gasteiger partial charge in [0.25, 0.3) is 0 Å². The second kappa shape index (κ2) is 5.09. The molecule has 3 rings (SSSR count). The fraction of sp³-hybridized carbons (Fsp3) is 0.714. The van der Waals surface area contributed by atoms with E-state index in [2.05, 4.69) is 24.1 Å². The molecule has 1 saturated carbocycles. The van der Waals surface area contributed by atoms with Crippen molar-refractivity contribution in [3.8, 4) is 0 Å². The molecule has 2 N–H and O–H groups in total. The van der Waals surface area contributed by atoms with Gasteiger partial charge in [-0.3, -0.25) is 4.90 Å². The van der Waals surface area contributed by atoms with Crippen LogP contribution in [0.1, 0.15) is 53.0 Å². The molecule has 2 heterocycles. The van der Waals surface area contributed by atoms with Crippen molar-refractivity contribution < 1.29 is 9.90 Å². The molecule has 6 heteroatoms. The van der Waals surface area contributed by atoms with Crippen LogP contribution in [-0.4, -0.2) is 47.1 Å². The van der Waals surface area contributed by atoms with Gasteiger partial charge in [-0.25, -0.2) is 9.78 Å². The van der Waals surface area contributed by atoms with Crippen LogP contribution in [0.25, 0.3) is 0 Å². The van der Waals surface area contributed by atoms with Gasteiger partial charge in [0, 0.05) is 32.1 Å². The van der Waals surface area contributed by atoms with Crippen molar-refractivity contribution in [3.05, 3.63) is 15.6 Å². The smallest absolute Gasteiger partial charge is 0.347 e. The molecule has 1 aromatic rings. The first-order chi connectivity index (χ1) is 9.50. The third-order valence-corrected chi connectivity index (χ3v) is 5.61. The maximum atomic E-state index is 11.4. The lowest BCUT2D eigenvalue weighted by Gasteiger charge is -2.39. The quantitative estimate of drug-likeness (QED) is 0.887. The number of carboxylic acids is 1. The lowest BCUT2D eigenvalue weighted by atomic mass is 10.0. The summed E-state index contributed by atoms with van der Waals surface area (Å²) in [7, 11) is 0. The summed E-state index contributed by atoms with van der Waals surface area (Å²) in [6, 6.07) is 0. The van der Waals surface area contributed by atoms with Crippen molar-refractivity contribution in [2.24, 2.45) is 0 Å². The lowest BCUT2D eigenvalue weighted by molar-refractivity contribution is 0.0700. The van der Waals surface area contributed by atoms with E-state index in [1.165, 1.54) is 11.3 Å². The number of aromatic nitrogens is 1. The van der Waals surface area contributed by atoms with Gasteiger partial charge >= 0.3 is 5.97 Å². The van der Waals surface area contributed by atoms with Crippen molar-refractivity contribution in [1.82, 2.24) is 15.2 Å². The molecule has 110 valence electrons. The summed E-state index contributed by atoms with van der Waals surface area (Å²) in [5, 5.41) is 13.7. The van der Waals surface area contributed by atoms with Gasteiger partial charge in [0.2, 0.25) is 0 Å². The number of thiazole rings is 1. The van der Waals surface area contributed by atoms with E-state index in [0.717, 1.165) is 49.7 Å². The normalized spacial score (nSPS) is 21.1. The highest BCUT2D eigenvalue weighted by Crippen LogP contribution is 2.44. The van der Waals surface area contributed by atoms with E-state index >= 15 is 0 Å². The van der Waals surface area contributed by atoms with E-state index in [0.29, 0.717) is 10.8 Å². The minimum Gasteiger partial charge on any atom is -0.477 e. The Morgan fingerprint density at radius 3 is 2.60 bits per heavy atom. The Bertz CT molecular complexity index is 516. The Balaban J connectivity index is 1.92. The third-order valence-electron chi connectivity index (χ3n) is 4.24. The van der Waals surface area contributed by atoms with Crippen LogP contribution in [0, 0.1) is 0 Å². The number of nitrogens with zero attached hydrogens (tertiary/aromatic N) is 2. The number of piperazine rings is 1. The zero-order valence-corrected chi connectivity index (χ0v) is 12.8. The predicted molar refractivity (Wildman–Crippen MR) is 78.5 cm³/mol. The minimum absolute atomic E-state index is 0.190. The van der Waals surface area contributed by atoms with Crippen molar-refractivity contribution in [1.29, 1.82) is 0 Å². The number of aromatic carboxylic acids is 1. The Morgan fingerprint density at radius 1 is 1.40 bits per heavy atom. The van der Waals surface area contributed by atoms with Crippen molar-refractivity contribution in [2.45, 2.75) is 38.1 Å². The Morgan fingerprint density at radius 2 is 2.05 bits per heavy atom. The first kappa shape index (κ1) is 14.0. The number of hydrogen-bond acceptors (Lipinski definition) is 5. The molecule has 2 fully saturated rings. The van der Waals surface area contributed by atoms with Gasteiger partial charge in [-0.05, 0) is 26.7 Å². The van der Waals surface area contributed by atoms with Crippen LogP contribution < -0.4 is 5.32 Å². The van der Waals surface area contributed by atoms with Gasteiger partial charge < -0.3 is 10.4 Å². The molecule has 0 spiro atoms. The van der Waals surface area contributed by atoms with Crippen LogP contribution in [0.3, 0.4) is 0 Å². The van der Waals surface area contributed by atoms with Crippen LogP contribution in [0.15, 0.2) is 0 Å². The molecule has 0 amide bonds. The highest BCUT2D eigenvalue weighted by molar-refractivity contribution is 7.13. The van der Waals surface area contributed by atoms with Gasteiger partial charge in [0.1, 0.15) is 9.88 Å². The maximum Gasteiger partial charge on any atom is 0.347 e. The summed E-state index contributed by atoms with van der Waals surface area (Å²) < 4.78 is 0. The van der Waals surface area contributed by atoms with E-state index < -0.39 is 5.97 Å². The topological polar surface area (TPSA) is 65.5 Å². The first-order valence-corrected chi connectivity index (χ1v) is 8.02. The van der Waals surface area contributed by atoms with Gasteiger partial charge in [-0.2, -0.15) is 0 Å². The summed E-state index contributed by atoms with van der Waals surface area (Å²) in [5.74, 6) is -0.448. The molecule has 1 aromatic heterocycles.